The number of unbranched alkanes of at least 4 members (excludes halogenated alkanes) is 2. The first-order chi connectivity index (χ1) is 11.7. The van der Waals surface area contributed by atoms with Gasteiger partial charge in [0.15, 0.2) is 0 Å². The molecular weight excluding hydrogens is 350 g/mol. The molecule has 0 bridgehead atoms. The van der Waals surface area contributed by atoms with Gasteiger partial charge in [-0.3, -0.25) is 0 Å². The Bertz CT molecular complexity index is 269. The van der Waals surface area contributed by atoms with Gasteiger partial charge in [0.05, 0.1) is 13.1 Å². The van der Waals surface area contributed by atoms with Gasteiger partial charge in [-0.1, -0.05) is 6.42 Å². The van der Waals surface area contributed by atoms with Crippen LogP contribution in [0.15, 0.2) is 0 Å². The van der Waals surface area contributed by atoms with Crippen molar-refractivity contribution in [1.82, 2.24) is 21.3 Å². The molecule has 152 valence electrons. The highest BCUT2D eigenvalue weighted by atomic mass is 19.4. The van der Waals surface area contributed by atoms with Crippen molar-refractivity contribution in [2.45, 2.75) is 44.5 Å². The fourth-order valence-corrected chi connectivity index (χ4v) is 2.06. The van der Waals surface area contributed by atoms with Crippen LogP contribution in [0.3, 0.4) is 0 Å². The van der Waals surface area contributed by atoms with Crippen LogP contribution in [-0.4, -0.2) is 64.7 Å². The lowest BCUT2D eigenvalue weighted by atomic mass is 10.2. The molecule has 0 aliphatic rings. The Morgan fingerprint density at radius 1 is 0.400 bits per heavy atom. The standard InChI is InChI=1S/C15H30F6N4/c16-14(17,18)12-24-10-4-8-22-6-2-1-3-7-23-9-5-11-25-13-15(19,20)21/h22-25H,1-13H2. The molecule has 0 aromatic heterocycles. The molecule has 0 aliphatic carbocycles. The van der Waals surface area contributed by atoms with E-state index in [1.54, 1.807) is 0 Å². The predicted molar refractivity (Wildman–Crippen MR) is 86.7 cm³/mol. The number of hydrogen-bond donors (Lipinski definition) is 4. The monoisotopic (exact) mass is 380 g/mol. The summed E-state index contributed by atoms with van der Waals surface area (Å²) in [5, 5.41) is 11.0. The quantitative estimate of drug-likeness (QED) is 0.245. The third-order valence-corrected chi connectivity index (χ3v) is 3.27. The van der Waals surface area contributed by atoms with Crippen molar-refractivity contribution in [1.29, 1.82) is 0 Å². The number of hydrogen-bond acceptors (Lipinski definition) is 4. The second-order valence-electron chi connectivity index (χ2n) is 5.85. The largest absolute Gasteiger partial charge is 0.401 e. The van der Waals surface area contributed by atoms with E-state index in [2.05, 4.69) is 21.3 Å². The van der Waals surface area contributed by atoms with Crippen LogP contribution < -0.4 is 21.3 Å². The Morgan fingerprint density at radius 3 is 1.08 bits per heavy atom. The molecule has 0 fully saturated rings. The van der Waals surface area contributed by atoms with E-state index in [4.69, 9.17) is 0 Å². The van der Waals surface area contributed by atoms with Crippen molar-refractivity contribution < 1.29 is 26.3 Å². The van der Waals surface area contributed by atoms with Crippen LogP contribution in [0.2, 0.25) is 0 Å². The number of halogens is 6. The SMILES string of the molecule is FC(F)(F)CNCCCNCCCCCNCCCNCC(F)(F)F. The van der Waals surface area contributed by atoms with Gasteiger partial charge in [-0.25, -0.2) is 0 Å². The summed E-state index contributed by atoms with van der Waals surface area (Å²) in [5.41, 5.74) is 0. The average molecular weight is 380 g/mol. The summed E-state index contributed by atoms with van der Waals surface area (Å²) in [4.78, 5) is 0. The molecule has 0 amide bonds. The minimum Gasteiger partial charge on any atom is -0.317 e. The smallest absolute Gasteiger partial charge is 0.317 e. The van der Waals surface area contributed by atoms with Crippen molar-refractivity contribution in [3.05, 3.63) is 0 Å². The molecule has 0 radical (unpaired) electrons. The van der Waals surface area contributed by atoms with Crippen LogP contribution >= 0.6 is 0 Å². The van der Waals surface area contributed by atoms with Crippen molar-refractivity contribution in [2.75, 3.05) is 52.4 Å². The summed E-state index contributed by atoms with van der Waals surface area (Å²) in [6, 6.07) is 0. The van der Waals surface area contributed by atoms with Crippen LogP contribution in [0.4, 0.5) is 26.3 Å². The molecule has 0 aromatic carbocycles. The van der Waals surface area contributed by atoms with Crippen molar-refractivity contribution in [3.63, 3.8) is 0 Å². The number of rotatable bonds is 16. The fourth-order valence-electron chi connectivity index (χ4n) is 2.06. The Kier molecular flexibility index (Phi) is 14.2. The number of nitrogens with one attached hydrogen (secondary N) is 4. The second-order valence-corrected chi connectivity index (χ2v) is 5.85. The maximum absolute atomic E-state index is 11.9. The maximum atomic E-state index is 11.9. The molecule has 25 heavy (non-hydrogen) atoms. The molecular formula is C15H30F6N4. The Balaban J connectivity index is 3.08. The lowest BCUT2D eigenvalue weighted by Crippen LogP contribution is -2.31. The van der Waals surface area contributed by atoms with Gasteiger partial charge in [0.25, 0.3) is 0 Å². The highest BCUT2D eigenvalue weighted by Crippen LogP contribution is 2.12. The topological polar surface area (TPSA) is 48.1 Å². The zero-order chi connectivity index (χ0) is 19.0. The highest BCUT2D eigenvalue weighted by Gasteiger charge is 2.26. The normalized spacial score (nSPS) is 12.7. The summed E-state index contributed by atoms with van der Waals surface area (Å²) >= 11 is 0. The third-order valence-electron chi connectivity index (χ3n) is 3.27. The van der Waals surface area contributed by atoms with E-state index >= 15 is 0 Å². The summed E-state index contributed by atoms with van der Waals surface area (Å²) in [7, 11) is 0. The number of alkyl halides is 6. The zero-order valence-corrected chi connectivity index (χ0v) is 14.5. The molecule has 0 saturated heterocycles. The average Bonchev–Trinajstić information content (AvgIpc) is 2.48. The molecule has 0 aliphatic heterocycles. The first-order valence-electron chi connectivity index (χ1n) is 8.67. The van der Waals surface area contributed by atoms with Gasteiger partial charge in [-0.15, -0.1) is 0 Å². The zero-order valence-electron chi connectivity index (χ0n) is 14.5. The lowest BCUT2D eigenvalue weighted by Gasteiger charge is -2.09. The van der Waals surface area contributed by atoms with Gasteiger partial charge in [0.1, 0.15) is 0 Å². The van der Waals surface area contributed by atoms with E-state index < -0.39 is 25.4 Å². The van der Waals surface area contributed by atoms with E-state index in [1.165, 1.54) is 0 Å². The van der Waals surface area contributed by atoms with E-state index in [0.29, 0.717) is 39.0 Å². The minimum absolute atomic E-state index is 0.342. The van der Waals surface area contributed by atoms with Crippen LogP contribution in [0, 0.1) is 0 Å². The minimum atomic E-state index is -4.15. The summed E-state index contributed by atoms with van der Waals surface area (Å²) in [6.45, 7) is 1.84. The Morgan fingerprint density at radius 2 is 0.720 bits per heavy atom. The van der Waals surface area contributed by atoms with Gasteiger partial charge in [0.2, 0.25) is 0 Å². The molecule has 10 heteroatoms. The van der Waals surface area contributed by atoms with E-state index in [1.807, 2.05) is 0 Å². The van der Waals surface area contributed by atoms with Crippen molar-refractivity contribution >= 4 is 0 Å². The van der Waals surface area contributed by atoms with E-state index in [-0.39, 0.29) is 0 Å². The van der Waals surface area contributed by atoms with Gasteiger partial charge < -0.3 is 21.3 Å². The summed E-state index contributed by atoms with van der Waals surface area (Å²) in [6.07, 6.45) is -3.99. The lowest BCUT2D eigenvalue weighted by molar-refractivity contribution is -0.125. The Labute approximate surface area is 145 Å². The molecule has 0 spiro atoms. The van der Waals surface area contributed by atoms with E-state index in [0.717, 1.165) is 32.4 Å². The van der Waals surface area contributed by atoms with Crippen LogP contribution in [0.5, 0.6) is 0 Å². The van der Waals surface area contributed by atoms with Gasteiger partial charge >= 0.3 is 12.4 Å². The van der Waals surface area contributed by atoms with Gasteiger partial charge in [0, 0.05) is 0 Å². The molecule has 0 saturated carbocycles. The molecule has 4 nitrogen and oxygen atoms in total. The van der Waals surface area contributed by atoms with Gasteiger partial charge in [-0.05, 0) is 65.0 Å². The fraction of sp³-hybridized carbons (Fsp3) is 1.00. The second kappa shape index (κ2) is 14.6. The highest BCUT2D eigenvalue weighted by molar-refractivity contribution is 4.59. The maximum Gasteiger partial charge on any atom is 0.401 e. The molecule has 4 N–H and O–H groups in total. The molecule has 0 rings (SSSR count). The first-order valence-corrected chi connectivity index (χ1v) is 8.67. The van der Waals surface area contributed by atoms with Gasteiger partial charge in [-0.2, -0.15) is 26.3 Å². The summed E-state index contributed by atoms with van der Waals surface area (Å²) < 4.78 is 71.1. The summed E-state index contributed by atoms with van der Waals surface area (Å²) in [5.74, 6) is 0. The van der Waals surface area contributed by atoms with Crippen molar-refractivity contribution in [3.8, 4) is 0 Å². The third kappa shape index (κ3) is 23.4. The Hall–Kier alpha value is -0.580. The predicted octanol–water partition coefficient (Wildman–Crippen LogP) is 2.42. The van der Waals surface area contributed by atoms with Crippen LogP contribution in [-0.2, 0) is 0 Å². The van der Waals surface area contributed by atoms with Crippen LogP contribution in [0.25, 0.3) is 0 Å². The van der Waals surface area contributed by atoms with Crippen LogP contribution in [0.1, 0.15) is 32.1 Å². The first kappa shape index (κ1) is 24.4. The van der Waals surface area contributed by atoms with Crippen molar-refractivity contribution in [2.24, 2.45) is 0 Å². The molecule has 0 aromatic rings. The molecule has 0 heterocycles. The molecule has 0 atom stereocenters. The molecule has 0 unspecified atom stereocenters. The van der Waals surface area contributed by atoms with E-state index in [9.17, 15) is 26.3 Å².